The highest BCUT2D eigenvalue weighted by atomic mass is 16.7. The quantitative estimate of drug-likeness (QED) is 0.273. The molecule has 0 aromatic heterocycles. The molecule has 1 saturated heterocycles. The third-order valence-corrected chi connectivity index (χ3v) is 1.76. The van der Waals surface area contributed by atoms with E-state index in [1.54, 1.807) is 0 Å². The average Bonchev–Trinajstić information content (AvgIpc) is 2.08. The van der Waals surface area contributed by atoms with E-state index in [1.165, 1.54) is 0 Å². The second kappa shape index (κ2) is 3.65. The van der Waals surface area contributed by atoms with E-state index in [1.807, 2.05) is 0 Å². The molecule has 0 bridgehead atoms. The number of aliphatic hydroxyl groups excluding tert-OH is 4. The maximum Gasteiger partial charge on any atom is 0.184 e. The zero-order chi connectivity index (χ0) is 10.2. The fourth-order valence-electron chi connectivity index (χ4n) is 0.993. The van der Waals surface area contributed by atoms with Crippen LogP contribution in [-0.2, 0) is 4.74 Å². The Morgan fingerprint density at radius 3 is 2.17 bits per heavy atom. The number of rotatable bonds is 1. The highest BCUT2D eigenvalue weighted by molar-refractivity contribution is 4.87. The first kappa shape index (κ1) is 8.36. The first-order chi connectivity index (χ1) is 5.90. The van der Waals surface area contributed by atoms with E-state index in [0.29, 0.717) is 0 Å². The smallest absolute Gasteiger partial charge is 0.184 e. The van der Waals surface area contributed by atoms with Gasteiger partial charge in [-0.2, -0.15) is 0 Å². The summed E-state index contributed by atoms with van der Waals surface area (Å²) in [5, 5.41) is 45.0. The van der Waals surface area contributed by atoms with Gasteiger partial charge in [0.15, 0.2) is 6.27 Å². The zero-order valence-electron chi connectivity index (χ0n) is 7.16. The average molecular weight is 182 g/mol. The van der Waals surface area contributed by atoms with Crippen molar-refractivity contribution >= 4 is 0 Å². The fraction of sp³-hybridized carbons (Fsp3) is 1.00. The predicted octanol–water partition coefficient (Wildman–Crippen LogP) is -3.22. The molecule has 1 aliphatic rings. The van der Waals surface area contributed by atoms with E-state index in [2.05, 4.69) is 4.74 Å². The van der Waals surface area contributed by atoms with Gasteiger partial charge in [-0.05, 0) is 0 Å². The summed E-state index contributed by atoms with van der Waals surface area (Å²) in [6, 6.07) is 0. The van der Waals surface area contributed by atoms with Crippen molar-refractivity contribution in [2.45, 2.75) is 30.7 Å². The number of hydrogen-bond donors (Lipinski definition) is 5. The zero-order valence-corrected chi connectivity index (χ0v) is 6.16. The van der Waals surface area contributed by atoms with E-state index in [0.717, 1.165) is 0 Å². The summed E-state index contributed by atoms with van der Waals surface area (Å²) in [4.78, 5) is 0. The minimum absolute atomic E-state index is 0.661. The molecule has 1 aliphatic heterocycles. The van der Waals surface area contributed by atoms with Gasteiger partial charge >= 0.3 is 0 Å². The van der Waals surface area contributed by atoms with Crippen molar-refractivity contribution in [3.8, 4) is 0 Å². The van der Waals surface area contributed by atoms with Gasteiger partial charge in [0.25, 0.3) is 0 Å². The number of ether oxygens (including phenoxy) is 1. The molecule has 0 amide bonds. The third-order valence-electron chi connectivity index (χ3n) is 1.76. The Bertz CT molecular complexity index is 184. The van der Waals surface area contributed by atoms with Crippen molar-refractivity contribution in [2.75, 3.05) is 6.61 Å². The monoisotopic (exact) mass is 182 g/mol. The Morgan fingerprint density at radius 2 is 1.67 bits per heavy atom. The van der Waals surface area contributed by atoms with Gasteiger partial charge in [-0.3, -0.25) is 0 Å². The normalized spacial score (nSPS) is 56.6. The summed E-state index contributed by atoms with van der Waals surface area (Å²) in [7, 11) is 0. The number of hydrogen-bond acceptors (Lipinski definition) is 6. The SMILES string of the molecule is [2H][13C]1(O)O[C@H](CO)[C@@H](O)[C@H](O)[C@H]1O. The molecule has 0 radical (unpaired) electrons. The fourth-order valence-corrected chi connectivity index (χ4v) is 0.993. The molecule has 6 nitrogen and oxygen atoms in total. The van der Waals surface area contributed by atoms with E-state index in [9.17, 15) is 0 Å². The maximum absolute atomic E-state index is 9.15. The van der Waals surface area contributed by atoms with Gasteiger partial charge in [-0.15, -0.1) is 0 Å². The van der Waals surface area contributed by atoms with Crippen LogP contribution >= 0.6 is 0 Å². The molecule has 0 aromatic rings. The molecule has 0 spiro atoms. The van der Waals surface area contributed by atoms with Crippen LogP contribution in [0.4, 0.5) is 0 Å². The molecule has 12 heavy (non-hydrogen) atoms. The third kappa shape index (κ3) is 1.58. The molecule has 0 aliphatic carbocycles. The van der Waals surface area contributed by atoms with Crippen LogP contribution in [0.2, 0.25) is 0 Å². The lowest BCUT2D eigenvalue weighted by atomic mass is 10.0. The first-order valence-electron chi connectivity index (χ1n) is 3.95. The van der Waals surface area contributed by atoms with Crippen molar-refractivity contribution < 1.29 is 31.6 Å². The molecule has 0 saturated carbocycles. The molecule has 1 rings (SSSR count). The summed E-state index contributed by atoms with van der Waals surface area (Å²) >= 11 is 0. The number of aliphatic hydroxyl groups is 5. The Balaban J connectivity index is 2.79. The Kier molecular flexibility index (Phi) is 2.54. The topological polar surface area (TPSA) is 110 Å². The van der Waals surface area contributed by atoms with Crippen LogP contribution in [-0.4, -0.2) is 62.8 Å². The molecule has 72 valence electrons. The van der Waals surface area contributed by atoms with Crippen LogP contribution in [0.5, 0.6) is 0 Å². The van der Waals surface area contributed by atoms with Gasteiger partial charge in [-0.1, -0.05) is 0 Å². The highest BCUT2D eigenvalue weighted by Gasteiger charge is 2.42. The summed E-state index contributed by atoms with van der Waals surface area (Å²) in [6.45, 7) is -0.661. The van der Waals surface area contributed by atoms with Gasteiger partial charge in [0.2, 0.25) is 0 Å². The van der Waals surface area contributed by atoms with Crippen LogP contribution in [0.1, 0.15) is 1.37 Å². The summed E-state index contributed by atoms with van der Waals surface area (Å²) in [5.41, 5.74) is 0. The van der Waals surface area contributed by atoms with Gasteiger partial charge in [0.05, 0.1) is 7.98 Å². The van der Waals surface area contributed by atoms with Crippen LogP contribution in [0.25, 0.3) is 0 Å². The van der Waals surface area contributed by atoms with E-state index in [4.69, 9.17) is 26.9 Å². The maximum atomic E-state index is 9.15. The van der Waals surface area contributed by atoms with Crippen LogP contribution in [0, 0.1) is 0 Å². The Morgan fingerprint density at radius 1 is 1.08 bits per heavy atom. The summed E-state index contributed by atoms with van der Waals surface area (Å²) in [5.74, 6) is 0. The standard InChI is InChI=1S/C6H12O6/c7-1-2-3(8)4(9)5(10)6(11)12-2/h2-11H,1H2/t2-,3-,4+,5-,6?/m1/s1/i6+1D. The molecule has 1 heterocycles. The van der Waals surface area contributed by atoms with Crippen LogP contribution in [0.15, 0.2) is 0 Å². The molecule has 6 heteroatoms. The second-order valence-corrected chi connectivity index (χ2v) is 2.60. The second-order valence-electron chi connectivity index (χ2n) is 2.60. The Labute approximate surface area is 70.0 Å². The van der Waals surface area contributed by atoms with Crippen molar-refractivity contribution in [3.63, 3.8) is 0 Å². The molecular weight excluding hydrogens is 169 g/mol. The van der Waals surface area contributed by atoms with Crippen molar-refractivity contribution in [3.05, 3.63) is 0 Å². The minimum Gasteiger partial charge on any atom is -0.394 e. The molecule has 1 fully saturated rings. The van der Waals surface area contributed by atoms with Gasteiger partial charge < -0.3 is 30.3 Å². The molecule has 5 atom stereocenters. The molecular formula is C6H12O6. The lowest BCUT2D eigenvalue weighted by Gasteiger charge is -2.37. The van der Waals surface area contributed by atoms with Gasteiger partial charge in [0.1, 0.15) is 24.4 Å². The van der Waals surface area contributed by atoms with Crippen LogP contribution in [0.3, 0.4) is 0 Å². The molecule has 5 N–H and O–H groups in total. The molecule has 1 unspecified atom stereocenters. The highest BCUT2D eigenvalue weighted by Crippen LogP contribution is 2.18. The first-order valence-corrected chi connectivity index (χ1v) is 3.45. The lowest BCUT2D eigenvalue weighted by molar-refractivity contribution is -0.286. The van der Waals surface area contributed by atoms with Crippen molar-refractivity contribution in [1.29, 1.82) is 0 Å². The predicted molar refractivity (Wildman–Crippen MR) is 36.0 cm³/mol. The van der Waals surface area contributed by atoms with Crippen molar-refractivity contribution in [2.24, 2.45) is 0 Å². The van der Waals surface area contributed by atoms with E-state index in [-0.39, 0.29) is 0 Å². The molecule has 0 aromatic carbocycles. The van der Waals surface area contributed by atoms with Crippen LogP contribution < -0.4 is 0 Å². The lowest BCUT2D eigenvalue weighted by Crippen LogP contribution is -2.58. The summed E-state index contributed by atoms with van der Waals surface area (Å²) in [6.07, 6.45) is -9.14. The van der Waals surface area contributed by atoms with E-state index < -0.39 is 37.3 Å². The summed E-state index contributed by atoms with van der Waals surface area (Å²) < 4.78 is 11.4. The minimum atomic E-state index is -2.70. The van der Waals surface area contributed by atoms with E-state index >= 15 is 0 Å². The van der Waals surface area contributed by atoms with Gasteiger partial charge in [0, 0.05) is 0 Å². The largest absolute Gasteiger partial charge is 0.394 e. The Hall–Kier alpha value is -0.240. The van der Waals surface area contributed by atoms with Gasteiger partial charge in [-0.25, -0.2) is 0 Å². The van der Waals surface area contributed by atoms with Crippen molar-refractivity contribution in [1.82, 2.24) is 0 Å².